The van der Waals surface area contributed by atoms with Crippen molar-refractivity contribution in [1.29, 1.82) is 0 Å². The van der Waals surface area contributed by atoms with Crippen molar-refractivity contribution in [1.82, 2.24) is 4.57 Å². The van der Waals surface area contributed by atoms with Gasteiger partial charge in [-0.25, -0.2) is 8.78 Å². The molecule has 0 amide bonds. The molecule has 4 aromatic rings. The Kier molecular flexibility index (Phi) is 3.69. The number of halogens is 2. The van der Waals surface area contributed by atoms with E-state index in [0.29, 0.717) is 11.3 Å². The van der Waals surface area contributed by atoms with E-state index in [4.69, 9.17) is 4.42 Å². The van der Waals surface area contributed by atoms with E-state index in [9.17, 15) is 13.6 Å². The fourth-order valence-corrected chi connectivity index (χ4v) is 2.76. The maximum Gasteiger partial charge on any atom is 0.250 e. The summed E-state index contributed by atoms with van der Waals surface area (Å²) >= 11 is 0. The van der Waals surface area contributed by atoms with Crippen LogP contribution in [0.2, 0.25) is 0 Å². The number of hydrogen-bond acceptors (Lipinski definition) is 2. The third-order valence-corrected chi connectivity index (χ3v) is 4.05. The zero-order chi connectivity index (χ0) is 17.4. The van der Waals surface area contributed by atoms with E-state index in [-0.39, 0.29) is 17.7 Å². The van der Waals surface area contributed by atoms with E-state index >= 15 is 0 Å². The van der Waals surface area contributed by atoms with Gasteiger partial charge in [-0.2, -0.15) is 0 Å². The molecule has 2 aromatic heterocycles. The van der Waals surface area contributed by atoms with Gasteiger partial charge in [-0.1, -0.05) is 24.3 Å². The third kappa shape index (κ3) is 2.96. The van der Waals surface area contributed by atoms with Gasteiger partial charge in [-0.3, -0.25) is 4.79 Å². The summed E-state index contributed by atoms with van der Waals surface area (Å²) in [5.41, 5.74) is 1.42. The average Bonchev–Trinajstić information content (AvgIpc) is 3.03. The SMILES string of the molecule is O=c1ccc(-c2cc3ccccc3o2)cn1Cc1ccc(F)cc1F. The zero-order valence-electron chi connectivity index (χ0n) is 13.1. The van der Waals surface area contributed by atoms with Gasteiger partial charge >= 0.3 is 0 Å². The van der Waals surface area contributed by atoms with Crippen LogP contribution in [0.5, 0.6) is 0 Å². The van der Waals surface area contributed by atoms with E-state index in [2.05, 4.69) is 0 Å². The predicted molar refractivity (Wildman–Crippen MR) is 91.4 cm³/mol. The number of furan rings is 1. The minimum absolute atomic E-state index is 0.0129. The van der Waals surface area contributed by atoms with Gasteiger partial charge in [0.1, 0.15) is 23.0 Å². The van der Waals surface area contributed by atoms with Gasteiger partial charge < -0.3 is 8.98 Å². The Morgan fingerprint density at radius 1 is 0.960 bits per heavy atom. The Labute approximate surface area is 141 Å². The van der Waals surface area contributed by atoms with Gasteiger partial charge in [0.05, 0.1) is 6.54 Å². The van der Waals surface area contributed by atoms with Crippen LogP contribution in [0.3, 0.4) is 0 Å². The number of rotatable bonds is 3. The molecule has 0 aliphatic carbocycles. The Bertz CT molecular complexity index is 1090. The van der Waals surface area contributed by atoms with Crippen molar-refractivity contribution in [3.63, 3.8) is 0 Å². The highest BCUT2D eigenvalue weighted by atomic mass is 19.1. The summed E-state index contributed by atoms with van der Waals surface area (Å²) in [6.45, 7) is 0.0129. The minimum atomic E-state index is -0.680. The number of nitrogens with zero attached hydrogens (tertiary/aromatic N) is 1. The highest BCUT2D eigenvalue weighted by molar-refractivity contribution is 5.82. The van der Waals surface area contributed by atoms with Gasteiger partial charge in [0.25, 0.3) is 5.56 Å². The molecule has 0 fully saturated rings. The molecule has 3 nitrogen and oxygen atoms in total. The van der Waals surface area contributed by atoms with Crippen LogP contribution in [0.25, 0.3) is 22.3 Å². The van der Waals surface area contributed by atoms with Gasteiger partial charge in [-0.05, 0) is 24.3 Å². The summed E-state index contributed by atoms with van der Waals surface area (Å²) in [5, 5.41) is 0.958. The molecule has 0 bridgehead atoms. The Morgan fingerprint density at radius 3 is 2.60 bits per heavy atom. The van der Waals surface area contributed by atoms with Crippen molar-refractivity contribution < 1.29 is 13.2 Å². The largest absolute Gasteiger partial charge is 0.456 e. The van der Waals surface area contributed by atoms with Crippen molar-refractivity contribution in [2.45, 2.75) is 6.54 Å². The average molecular weight is 337 g/mol. The first-order valence-electron chi connectivity index (χ1n) is 7.73. The third-order valence-electron chi connectivity index (χ3n) is 4.05. The second-order valence-corrected chi connectivity index (χ2v) is 5.77. The lowest BCUT2D eigenvalue weighted by atomic mass is 10.1. The topological polar surface area (TPSA) is 35.1 Å². The quantitative estimate of drug-likeness (QED) is 0.548. The van der Waals surface area contributed by atoms with Gasteiger partial charge in [0.2, 0.25) is 0 Å². The van der Waals surface area contributed by atoms with Crippen LogP contribution in [0.4, 0.5) is 8.78 Å². The molecule has 0 atom stereocenters. The van der Waals surface area contributed by atoms with Crippen molar-refractivity contribution in [2.24, 2.45) is 0 Å². The van der Waals surface area contributed by atoms with Crippen LogP contribution in [0.15, 0.2) is 76.1 Å². The Balaban J connectivity index is 1.74. The van der Waals surface area contributed by atoms with Crippen molar-refractivity contribution in [3.8, 4) is 11.3 Å². The summed E-state index contributed by atoms with van der Waals surface area (Å²) in [6, 6.07) is 15.9. The van der Waals surface area contributed by atoms with Crippen molar-refractivity contribution in [3.05, 3.63) is 94.4 Å². The van der Waals surface area contributed by atoms with Crippen LogP contribution in [0.1, 0.15) is 5.56 Å². The number of benzene rings is 2. The maximum atomic E-state index is 13.9. The smallest absolute Gasteiger partial charge is 0.250 e. The van der Waals surface area contributed by atoms with Crippen LogP contribution in [-0.2, 0) is 6.54 Å². The molecule has 25 heavy (non-hydrogen) atoms. The van der Waals surface area contributed by atoms with E-state index in [0.717, 1.165) is 17.0 Å². The molecule has 0 saturated carbocycles. The van der Waals surface area contributed by atoms with Crippen molar-refractivity contribution >= 4 is 11.0 Å². The standard InChI is InChI=1S/C20H13F2NO2/c21-16-7-5-14(17(22)10-16)11-23-12-15(6-8-20(23)24)19-9-13-3-1-2-4-18(13)25-19/h1-10,12H,11H2. The van der Waals surface area contributed by atoms with Crippen LogP contribution < -0.4 is 5.56 Å². The number of fused-ring (bicyclic) bond motifs is 1. The molecular formula is C20H13F2NO2. The first kappa shape index (κ1) is 15.3. The molecule has 0 aliphatic heterocycles. The molecular weight excluding hydrogens is 324 g/mol. The number of para-hydroxylation sites is 1. The normalized spacial score (nSPS) is 11.1. The molecule has 2 aromatic carbocycles. The molecule has 0 N–H and O–H groups in total. The molecule has 0 saturated heterocycles. The second-order valence-electron chi connectivity index (χ2n) is 5.77. The number of pyridine rings is 1. The van der Waals surface area contributed by atoms with E-state index in [1.807, 2.05) is 30.3 Å². The lowest BCUT2D eigenvalue weighted by molar-refractivity contribution is 0.564. The lowest BCUT2D eigenvalue weighted by Gasteiger charge is -2.08. The fourth-order valence-electron chi connectivity index (χ4n) is 2.76. The molecule has 0 radical (unpaired) electrons. The lowest BCUT2D eigenvalue weighted by Crippen LogP contribution is -2.19. The molecule has 0 aliphatic rings. The van der Waals surface area contributed by atoms with E-state index in [1.54, 1.807) is 12.3 Å². The van der Waals surface area contributed by atoms with Gasteiger partial charge in [-0.15, -0.1) is 0 Å². The Morgan fingerprint density at radius 2 is 1.80 bits per heavy atom. The fraction of sp³-hybridized carbons (Fsp3) is 0.0500. The molecule has 0 spiro atoms. The summed E-state index contributed by atoms with van der Waals surface area (Å²) in [5.74, 6) is -0.708. The Hall–Kier alpha value is -3.21. The van der Waals surface area contributed by atoms with Crippen LogP contribution in [-0.4, -0.2) is 4.57 Å². The predicted octanol–water partition coefficient (Wildman–Crippen LogP) is 4.59. The number of aromatic nitrogens is 1. The molecule has 124 valence electrons. The molecule has 0 unspecified atom stereocenters. The van der Waals surface area contributed by atoms with E-state index < -0.39 is 11.6 Å². The van der Waals surface area contributed by atoms with E-state index in [1.165, 1.54) is 22.8 Å². The summed E-state index contributed by atoms with van der Waals surface area (Å²) in [7, 11) is 0. The van der Waals surface area contributed by atoms with Gasteiger partial charge in [0.15, 0.2) is 0 Å². The summed E-state index contributed by atoms with van der Waals surface area (Å²) < 4.78 is 34.1. The first-order chi connectivity index (χ1) is 12.1. The maximum absolute atomic E-state index is 13.9. The number of hydrogen-bond donors (Lipinski definition) is 0. The summed E-state index contributed by atoms with van der Waals surface area (Å²) in [4.78, 5) is 12.1. The van der Waals surface area contributed by atoms with Crippen LogP contribution in [0, 0.1) is 11.6 Å². The minimum Gasteiger partial charge on any atom is -0.456 e. The van der Waals surface area contributed by atoms with Crippen molar-refractivity contribution in [2.75, 3.05) is 0 Å². The molecule has 4 rings (SSSR count). The highest BCUT2D eigenvalue weighted by Crippen LogP contribution is 2.27. The second kappa shape index (κ2) is 6.02. The molecule has 5 heteroatoms. The van der Waals surface area contributed by atoms with Gasteiger partial charge in [0, 0.05) is 34.8 Å². The van der Waals surface area contributed by atoms with Crippen LogP contribution >= 0.6 is 0 Å². The zero-order valence-corrected chi connectivity index (χ0v) is 13.1. The highest BCUT2D eigenvalue weighted by Gasteiger charge is 2.10. The molecule has 2 heterocycles. The monoisotopic (exact) mass is 337 g/mol. The first-order valence-corrected chi connectivity index (χ1v) is 7.73. The summed E-state index contributed by atoms with van der Waals surface area (Å²) in [6.07, 6.45) is 1.61.